The summed E-state index contributed by atoms with van der Waals surface area (Å²) in [6.45, 7) is 1.44. The van der Waals surface area contributed by atoms with Crippen molar-refractivity contribution in [2.75, 3.05) is 13.2 Å². The molecule has 1 rings (SSSR count). The van der Waals surface area contributed by atoms with Crippen LogP contribution in [0.3, 0.4) is 0 Å². The Hall–Kier alpha value is -2.32. The van der Waals surface area contributed by atoms with Crippen molar-refractivity contribution in [3.8, 4) is 5.88 Å². The molecule has 1 unspecified atom stereocenters. The van der Waals surface area contributed by atoms with E-state index in [4.69, 9.17) is 5.11 Å². The van der Waals surface area contributed by atoms with E-state index in [9.17, 15) is 22.8 Å². The number of alkyl halides is 3. The summed E-state index contributed by atoms with van der Waals surface area (Å²) in [4.78, 5) is 28.0. The molecule has 0 aromatic carbocycles. The van der Waals surface area contributed by atoms with Crippen molar-refractivity contribution < 1.29 is 32.6 Å². The van der Waals surface area contributed by atoms with Crippen LogP contribution in [0.15, 0.2) is 18.3 Å². The van der Waals surface area contributed by atoms with Crippen molar-refractivity contribution in [3.63, 3.8) is 0 Å². The molecule has 0 aliphatic carbocycles. The Morgan fingerprint density at radius 3 is 2.61 bits per heavy atom. The second kappa shape index (κ2) is 7.80. The quantitative estimate of drug-likeness (QED) is 0.828. The number of hydrogen-bond acceptors (Lipinski definition) is 4. The lowest BCUT2D eigenvalue weighted by Crippen LogP contribution is -2.41. The van der Waals surface area contributed by atoms with Crippen molar-refractivity contribution >= 4 is 11.9 Å². The maximum Gasteiger partial charge on any atom is 0.422 e. The van der Waals surface area contributed by atoms with Crippen LogP contribution in [0.4, 0.5) is 13.2 Å². The minimum absolute atomic E-state index is 0.0127. The van der Waals surface area contributed by atoms with Gasteiger partial charge in [-0.3, -0.25) is 9.59 Å². The Labute approximate surface area is 130 Å². The number of carbonyl (C=O) groups is 2. The molecule has 1 aromatic heterocycles. The highest BCUT2D eigenvalue weighted by atomic mass is 19.4. The van der Waals surface area contributed by atoms with Gasteiger partial charge in [0.2, 0.25) is 5.88 Å². The Morgan fingerprint density at radius 1 is 1.43 bits per heavy atom. The van der Waals surface area contributed by atoms with Gasteiger partial charge in [0.1, 0.15) is 6.54 Å². The Morgan fingerprint density at radius 2 is 2.09 bits per heavy atom. The van der Waals surface area contributed by atoms with Crippen LogP contribution in [0.1, 0.15) is 30.6 Å². The van der Waals surface area contributed by atoms with E-state index in [0.29, 0.717) is 6.42 Å². The maximum atomic E-state index is 12.4. The minimum atomic E-state index is -4.52. The van der Waals surface area contributed by atoms with Crippen LogP contribution in [0.2, 0.25) is 0 Å². The zero-order valence-corrected chi connectivity index (χ0v) is 12.6. The van der Waals surface area contributed by atoms with Crippen LogP contribution < -0.4 is 4.74 Å². The number of aromatic nitrogens is 1. The SMILES string of the molecule is CCC(C)N(CC(=O)O)C(=O)c1ccnc(OCC(F)(F)F)c1. The molecule has 1 atom stereocenters. The first kappa shape index (κ1) is 18.7. The van der Waals surface area contributed by atoms with E-state index in [0.717, 1.165) is 17.2 Å². The van der Waals surface area contributed by atoms with Gasteiger partial charge in [0.25, 0.3) is 5.91 Å². The smallest absolute Gasteiger partial charge is 0.422 e. The third kappa shape index (κ3) is 6.13. The highest BCUT2D eigenvalue weighted by Crippen LogP contribution is 2.19. The summed E-state index contributed by atoms with van der Waals surface area (Å²) in [5.74, 6) is -2.14. The van der Waals surface area contributed by atoms with Crippen molar-refractivity contribution in [2.24, 2.45) is 0 Å². The molecule has 9 heteroatoms. The molecule has 1 heterocycles. The molecule has 0 bridgehead atoms. The molecule has 0 aliphatic rings. The average Bonchev–Trinajstić information content (AvgIpc) is 2.48. The van der Waals surface area contributed by atoms with Gasteiger partial charge in [0, 0.05) is 23.9 Å². The Bertz CT molecular complexity index is 563. The monoisotopic (exact) mass is 334 g/mol. The molecule has 1 amide bonds. The molecule has 0 aliphatic heterocycles. The fourth-order valence-corrected chi connectivity index (χ4v) is 1.74. The van der Waals surface area contributed by atoms with Gasteiger partial charge in [-0.05, 0) is 19.4 Å². The Kier molecular flexibility index (Phi) is 6.35. The largest absolute Gasteiger partial charge is 0.480 e. The van der Waals surface area contributed by atoms with Crippen molar-refractivity contribution in [2.45, 2.75) is 32.5 Å². The summed E-state index contributed by atoms with van der Waals surface area (Å²) in [7, 11) is 0. The first-order valence-corrected chi connectivity index (χ1v) is 6.82. The summed E-state index contributed by atoms with van der Waals surface area (Å²) in [5.41, 5.74) is 0.0127. The van der Waals surface area contributed by atoms with E-state index in [2.05, 4.69) is 9.72 Å². The number of halogens is 3. The molecule has 0 radical (unpaired) electrons. The summed E-state index contributed by atoms with van der Waals surface area (Å²) in [5, 5.41) is 8.90. The Balaban J connectivity index is 2.94. The van der Waals surface area contributed by atoms with Crippen LogP contribution in [0.25, 0.3) is 0 Å². The number of amides is 1. The van der Waals surface area contributed by atoms with Crippen LogP contribution in [-0.2, 0) is 4.79 Å². The molecule has 6 nitrogen and oxygen atoms in total. The van der Waals surface area contributed by atoms with Crippen molar-refractivity contribution in [1.29, 1.82) is 0 Å². The fourth-order valence-electron chi connectivity index (χ4n) is 1.74. The molecule has 1 N–H and O–H groups in total. The second-order valence-corrected chi connectivity index (χ2v) is 4.87. The van der Waals surface area contributed by atoms with Gasteiger partial charge in [-0.1, -0.05) is 6.92 Å². The highest BCUT2D eigenvalue weighted by molar-refractivity contribution is 5.96. The van der Waals surface area contributed by atoms with E-state index in [1.165, 1.54) is 6.07 Å². The van der Waals surface area contributed by atoms with Gasteiger partial charge >= 0.3 is 12.1 Å². The normalized spacial score (nSPS) is 12.6. The lowest BCUT2D eigenvalue weighted by atomic mass is 10.1. The molecule has 0 fully saturated rings. The molecule has 0 saturated heterocycles. The van der Waals surface area contributed by atoms with E-state index >= 15 is 0 Å². The summed E-state index contributed by atoms with van der Waals surface area (Å²) in [6, 6.07) is 2.01. The van der Waals surface area contributed by atoms with Gasteiger partial charge in [0.15, 0.2) is 6.61 Å². The van der Waals surface area contributed by atoms with E-state index in [1.54, 1.807) is 13.8 Å². The maximum absolute atomic E-state index is 12.4. The van der Waals surface area contributed by atoms with Gasteiger partial charge in [0.05, 0.1) is 0 Å². The highest BCUT2D eigenvalue weighted by Gasteiger charge is 2.29. The van der Waals surface area contributed by atoms with Gasteiger partial charge in [-0.15, -0.1) is 0 Å². The lowest BCUT2D eigenvalue weighted by Gasteiger charge is -2.27. The molecular formula is C14H17F3N2O4. The van der Waals surface area contributed by atoms with Gasteiger partial charge in [-0.25, -0.2) is 4.98 Å². The average molecular weight is 334 g/mol. The fraction of sp³-hybridized carbons (Fsp3) is 0.500. The molecule has 1 aromatic rings. The molecular weight excluding hydrogens is 317 g/mol. The number of carboxylic acids is 1. The van der Waals surface area contributed by atoms with Crippen LogP contribution in [-0.4, -0.2) is 52.2 Å². The van der Waals surface area contributed by atoms with Crippen molar-refractivity contribution in [1.82, 2.24) is 9.88 Å². The number of rotatable bonds is 7. The van der Waals surface area contributed by atoms with Gasteiger partial charge < -0.3 is 14.7 Å². The van der Waals surface area contributed by atoms with E-state index in [1.807, 2.05) is 0 Å². The lowest BCUT2D eigenvalue weighted by molar-refractivity contribution is -0.154. The topological polar surface area (TPSA) is 79.7 Å². The van der Waals surface area contributed by atoms with Crippen LogP contribution >= 0.6 is 0 Å². The molecule has 128 valence electrons. The van der Waals surface area contributed by atoms with E-state index < -0.39 is 31.2 Å². The third-order valence-electron chi connectivity index (χ3n) is 3.05. The minimum Gasteiger partial charge on any atom is -0.480 e. The third-order valence-corrected chi connectivity index (χ3v) is 3.05. The number of hydrogen-bond donors (Lipinski definition) is 1. The molecule has 23 heavy (non-hydrogen) atoms. The summed E-state index contributed by atoms with van der Waals surface area (Å²) in [6.07, 6.45) is -2.86. The molecule has 0 spiro atoms. The zero-order chi connectivity index (χ0) is 17.6. The number of ether oxygens (including phenoxy) is 1. The number of aliphatic carboxylic acids is 1. The van der Waals surface area contributed by atoms with Crippen molar-refractivity contribution in [3.05, 3.63) is 23.9 Å². The summed E-state index contributed by atoms with van der Waals surface area (Å²) >= 11 is 0. The van der Waals surface area contributed by atoms with E-state index in [-0.39, 0.29) is 17.5 Å². The zero-order valence-electron chi connectivity index (χ0n) is 12.6. The number of carboxylic acid groups (broad SMARTS) is 1. The number of nitrogens with zero attached hydrogens (tertiary/aromatic N) is 2. The van der Waals surface area contributed by atoms with Gasteiger partial charge in [-0.2, -0.15) is 13.2 Å². The standard InChI is InChI=1S/C14H17F3N2O4/c1-3-9(2)19(7-12(20)21)13(22)10-4-5-18-11(6-10)23-8-14(15,16)17/h4-6,9H,3,7-8H2,1-2H3,(H,20,21). The predicted octanol–water partition coefficient (Wildman–Crippen LogP) is 2.35. The number of pyridine rings is 1. The summed E-state index contributed by atoms with van der Waals surface area (Å²) < 4.78 is 40.9. The number of carbonyl (C=O) groups excluding carboxylic acids is 1. The molecule has 0 saturated carbocycles. The first-order valence-electron chi connectivity index (χ1n) is 6.82. The predicted molar refractivity (Wildman–Crippen MR) is 74.2 cm³/mol. The van der Waals surface area contributed by atoms with Crippen LogP contribution in [0.5, 0.6) is 5.88 Å². The van der Waals surface area contributed by atoms with Crippen LogP contribution in [0, 0.1) is 0 Å². The second-order valence-electron chi connectivity index (χ2n) is 4.87. The first-order chi connectivity index (χ1) is 10.6.